The van der Waals surface area contributed by atoms with Gasteiger partial charge in [-0.2, -0.15) is 0 Å². The van der Waals surface area contributed by atoms with Crippen LogP contribution in [-0.2, 0) is 16.1 Å². The molecule has 7 nitrogen and oxygen atoms in total. The Bertz CT molecular complexity index is 610. The number of hydrogen-bond acceptors (Lipinski definition) is 4. The Morgan fingerprint density at radius 3 is 2.74 bits per heavy atom. The Kier molecular flexibility index (Phi) is 4.57. The van der Waals surface area contributed by atoms with Gasteiger partial charge in [-0.05, 0) is 43.6 Å². The average Bonchev–Trinajstić information content (AvgIpc) is 2.88. The molecule has 2 aliphatic rings. The van der Waals surface area contributed by atoms with Gasteiger partial charge >= 0.3 is 6.03 Å². The Labute approximate surface area is 134 Å². The van der Waals surface area contributed by atoms with E-state index in [0.29, 0.717) is 5.69 Å². The Hall–Kier alpha value is -2.41. The highest BCUT2D eigenvalue weighted by Gasteiger charge is 2.28. The Morgan fingerprint density at radius 1 is 1.26 bits per heavy atom. The van der Waals surface area contributed by atoms with Crippen LogP contribution in [0.3, 0.4) is 0 Å². The lowest BCUT2D eigenvalue weighted by Gasteiger charge is -2.22. The van der Waals surface area contributed by atoms with Crippen molar-refractivity contribution in [2.24, 2.45) is 5.92 Å². The highest BCUT2D eigenvalue weighted by Crippen LogP contribution is 2.18. The highest BCUT2D eigenvalue weighted by molar-refractivity contribution is 6.01. The van der Waals surface area contributed by atoms with Gasteiger partial charge in [-0.15, -0.1) is 0 Å². The number of anilines is 1. The molecule has 3 N–H and O–H groups in total. The van der Waals surface area contributed by atoms with Crippen LogP contribution in [-0.4, -0.2) is 42.4 Å². The summed E-state index contributed by atoms with van der Waals surface area (Å²) in [6, 6.07) is 6.89. The van der Waals surface area contributed by atoms with Crippen LogP contribution < -0.4 is 16.0 Å². The summed E-state index contributed by atoms with van der Waals surface area (Å²) in [6.07, 6.45) is 1.68. The van der Waals surface area contributed by atoms with Gasteiger partial charge in [-0.1, -0.05) is 12.1 Å². The average molecular weight is 316 g/mol. The molecule has 2 saturated heterocycles. The number of nitrogens with zero attached hydrogens (tertiary/aromatic N) is 1. The van der Waals surface area contributed by atoms with Crippen molar-refractivity contribution in [1.29, 1.82) is 0 Å². The third kappa shape index (κ3) is 3.68. The van der Waals surface area contributed by atoms with Crippen molar-refractivity contribution < 1.29 is 14.4 Å². The number of carbonyl (C=O) groups is 3. The van der Waals surface area contributed by atoms with Crippen molar-refractivity contribution in [2.45, 2.75) is 19.4 Å². The number of benzene rings is 1. The molecular formula is C16H20N4O3. The zero-order valence-electron chi connectivity index (χ0n) is 12.8. The van der Waals surface area contributed by atoms with Crippen LogP contribution in [0.1, 0.15) is 18.4 Å². The molecule has 0 aliphatic carbocycles. The molecule has 2 heterocycles. The fourth-order valence-corrected chi connectivity index (χ4v) is 2.87. The molecule has 2 fully saturated rings. The second-order valence-corrected chi connectivity index (χ2v) is 5.85. The molecule has 4 amide bonds. The SMILES string of the molecule is O=C(Nc1cccc(CN2C(=O)CNC2=O)c1)C1CCNCC1. The number of piperidine rings is 1. The summed E-state index contributed by atoms with van der Waals surface area (Å²) in [5.41, 5.74) is 1.50. The van der Waals surface area contributed by atoms with Crippen molar-refractivity contribution >= 4 is 23.5 Å². The van der Waals surface area contributed by atoms with Crippen molar-refractivity contribution in [3.63, 3.8) is 0 Å². The van der Waals surface area contributed by atoms with Gasteiger partial charge in [-0.25, -0.2) is 4.79 Å². The van der Waals surface area contributed by atoms with Crippen molar-refractivity contribution in [2.75, 3.05) is 25.0 Å². The number of carbonyl (C=O) groups excluding carboxylic acids is 3. The van der Waals surface area contributed by atoms with E-state index in [1.807, 2.05) is 18.2 Å². The Balaban J connectivity index is 1.64. The maximum atomic E-state index is 12.3. The number of amides is 4. The molecule has 0 saturated carbocycles. The van der Waals surface area contributed by atoms with Gasteiger partial charge < -0.3 is 16.0 Å². The number of nitrogens with one attached hydrogen (secondary N) is 3. The monoisotopic (exact) mass is 316 g/mol. The van der Waals surface area contributed by atoms with E-state index < -0.39 is 0 Å². The maximum absolute atomic E-state index is 12.3. The fraction of sp³-hybridized carbons (Fsp3) is 0.438. The van der Waals surface area contributed by atoms with Gasteiger partial charge in [0.15, 0.2) is 0 Å². The lowest BCUT2D eigenvalue weighted by Crippen LogP contribution is -2.34. The summed E-state index contributed by atoms with van der Waals surface area (Å²) in [5.74, 6) is -0.177. The van der Waals surface area contributed by atoms with Gasteiger partial charge in [0, 0.05) is 11.6 Å². The quantitative estimate of drug-likeness (QED) is 0.712. The van der Waals surface area contributed by atoms with E-state index in [1.54, 1.807) is 6.07 Å². The third-order valence-corrected chi connectivity index (χ3v) is 4.18. The van der Waals surface area contributed by atoms with Gasteiger partial charge in [0.05, 0.1) is 13.1 Å². The smallest absolute Gasteiger partial charge is 0.324 e. The highest BCUT2D eigenvalue weighted by atomic mass is 16.2. The van der Waals surface area contributed by atoms with Gasteiger partial charge in [0.25, 0.3) is 0 Å². The lowest BCUT2D eigenvalue weighted by atomic mass is 9.97. The predicted octanol–water partition coefficient (Wildman–Crippen LogP) is 0.676. The van der Waals surface area contributed by atoms with Gasteiger partial charge in [-0.3, -0.25) is 14.5 Å². The largest absolute Gasteiger partial charge is 0.329 e. The van der Waals surface area contributed by atoms with Crippen molar-refractivity contribution in [1.82, 2.24) is 15.5 Å². The molecule has 0 bridgehead atoms. The summed E-state index contributed by atoms with van der Waals surface area (Å²) in [5, 5.41) is 8.66. The van der Waals surface area contributed by atoms with E-state index in [0.717, 1.165) is 31.5 Å². The molecule has 0 unspecified atom stereocenters. The molecule has 1 aromatic rings. The zero-order chi connectivity index (χ0) is 16.2. The molecule has 23 heavy (non-hydrogen) atoms. The van der Waals surface area contributed by atoms with E-state index in [9.17, 15) is 14.4 Å². The lowest BCUT2D eigenvalue weighted by molar-refractivity contribution is -0.125. The topological polar surface area (TPSA) is 90.5 Å². The van der Waals surface area contributed by atoms with Crippen LogP contribution in [0.25, 0.3) is 0 Å². The maximum Gasteiger partial charge on any atom is 0.324 e. The summed E-state index contributed by atoms with van der Waals surface area (Å²) < 4.78 is 0. The van der Waals surface area contributed by atoms with E-state index in [4.69, 9.17) is 0 Å². The summed E-state index contributed by atoms with van der Waals surface area (Å²) >= 11 is 0. The van der Waals surface area contributed by atoms with E-state index >= 15 is 0 Å². The Morgan fingerprint density at radius 2 is 2.04 bits per heavy atom. The van der Waals surface area contributed by atoms with Crippen LogP contribution in [0.4, 0.5) is 10.5 Å². The van der Waals surface area contributed by atoms with Crippen LogP contribution in [0.2, 0.25) is 0 Å². The molecule has 1 aromatic carbocycles. The number of urea groups is 1. The zero-order valence-corrected chi connectivity index (χ0v) is 12.8. The fourth-order valence-electron chi connectivity index (χ4n) is 2.87. The molecule has 0 atom stereocenters. The minimum atomic E-state index is -0.376. The van der Waals surface area contributed by atoms with Crippen molar-refractivity contribution in [3.05, 3.63) is 29.8 Å². The molecule has 0 aromatic heterocycles. The molecule has 2 aliphatic heterocycles. The minimum Gasteiger partial charge on any atom is -0.329 e. The van der Waals surface area contributed by atoms with E-state index in [2.05, 4.69) is 16.0 Å². The number of rotatable bonds is 4. The summed E-state index contributed by atoms with van der Waals surface area (Å²) in [4.78, 5) is 36.6. The first kappa shape index (κ1) is 15.5. The molecule has 0 radical (unpaired) electrons. The number of imide groups is 1. The van der Waals surface area contributed by atoms with E-state index in [-0.39, 0.29) is 36.9 Å². The van der Waals surface area contributed by atoms with E-state index in [1.165, 1.54) is 4.90 Å². The third-order valence-electron chi connectivity index (χ3n) is 4.18. The van der Waals surface area contributed by atoms with Gasteiger partial charge in [0.1, 0.15) is 0 Å². The van der Waals surface area contributed by atoms with Crippen molar-refractivity contribution in [3.8, 4) is 0 Å². The van der Waals surface area contributed by atoms with Crippen LogP contribution in [0, 0.1) is 5.92 Å². The second-order valence-electron chi connectivity index (χ2n) is 5.85. The standard InChI is InChI=1S/C16H20N4O3/c21-14-9-18-16(23)20(14)10-11-2-1-3-13(8-11)19-15(22)12-4-6-17-7-5-12/h1-3,8,12,17H,4-7,9-10H2,(H,18,23)(H,19,22). The first-order valence-electron chi connectivity index (χ1n) is 7.82. The number of hydrogen-bond donors (Lipinski definition) is 3. The first-order valence-corrected chi connectivity index (χ1v) is 7.82. The molecule has 3 rings (SSSR count). The second kappa shape index (κ2) is 6.78. The molecule has 122 valence electrons. The molecule has 0 spiro atoms. The van der Waals surface area contributed by atoms with Crippen LogP contribution >= 0.6 is 0 Å². The van der Waals surface area contributed by atoms with Gasteiger partial charge in [0.2, 0.25) is 11.8 Å². The molecular weight excluding hydrogens is 296 g/mol. The first-order chi connectivity index (χ1) is 11.1. The summed E-state index contributed by atoms with van der Waals surface area (Å²) in [7, 11) is 0. The van der Waals surface area contributed by atoms with Crippen LogP contribution in [0.15, 0.2) is 24.3 Å². The molecule has 7 heteroatoms. The predicted molar refractivity (Wildman–Crippen MR) is 84.6 cm³/mol. The van der Waals surface area contributed by atoms with Crippen LogP contribution in [0.5, 0.6) is 0 Å². The normalized spacial score (nSPS) is 18.9. The minimum absolute atomic E-state index is 0.0265. The summed E-state index contributed by atoms with van der Waals surface area (Å²) in [6.45, 7) is 1.99.